The lowest BCUT2D eigenvalue weighted by molar-refractivity contribution is -0.143. The average Bonchev–Trinajstić information content (AvgIpc) is 2.89. The van der Waals surface area contributed by atoms with Crippen LogP contribution in [0.5, 0.6) is 0 Å². The van der Waals surface area contributed by atoms with E-state index in [2.05, 4.69) is 4.98 Å². The molecule has 2 unspecified atom stereocenters. The molecule has 0 saturated carbocycles. The van der Waals surface area contributed by atoms with E-state index in [1.165, 1.54) is 0 Å². The Bertz CT molecular complexity index is 743. The van der Waals surface area contributed by atoms with E-state index < -0.39 is 11.9 Å². The van der Waals surface area contributed by atoms with E-state index in [4.69, 9.17) is 9.52 Å². The summed E-state index contributed by atoms with van der Waals surface area (Å²) in [6.45, 7) is 4.03. The number of fused-ring (bicyclic) bond motifs is 1. The van der Waals surface area contributed by atoms with Crippen molar-refractivity contribution in [1.82, 2.24) is 9.88 Å². The van der Waals surface area contributed by atoms with E-state index in [1.807, 2.05) is 19.9 Å². The first-order valence-corrected chi connectivity index (χ1v) is 7.36. The third-order valence-electron chi connectivity index (χ3n) is 4.22. The summed E-state index contributed by atoms with van der Waals surface area (Å²) in [5.74, 6) is -1.42. The lowest BCUT2D eigenvalue weighted by atomic mass is 9.93. The molecule has 1 amide bonds. The van der Waals surface area contributed by atoms with E-state index in [1.54, 1.807) is 17.0 Å². The van der Waals surface area contributed by atoms with Crippen LogP contribution in [0.3, 0.4) is 0 Å². The molecule has 0 radical (unpaired) electrons. The van der Waals surface area contributed by atoms with Crippen LogP contribution < -0.4 is 0 Å². The van der Waals surface area contributed by atoms with Crippen molar-refractivity contribution in [2.75, 3.05) is 6.54 Å². The van der Waals surface area contributed by atoms with Crippen LogP contribution in [-0.4, -0.2) is 39.5 Å². The van der Waals surface area contributed by atoms with Gasteiger partial charge in [-0.2, -0.15) is 0 Å². The first-order chi connectivity index (χ1) is 10.5. The molecule has 7 heteroatoms. The van der Waals surface area contributed by atoms with Gasteiger partial charge in [0, 0.05) is 24.3 Å². The number of amides is 1. The molecule has 1 aliphatic rings. The predicted octanol–water partition coefficient (Wildman–Crippen LogP) is 2.88. The number of carbonyl (C=O) groups is 2. The molecule has 1 fully saturated rings. The van der Waals surface area contributed by atoms with Crippen molar-refractivity contribution < 1.29 is 19.1 Å². The molecule has 0 bridgehead atoms. The molecule has 3 heterocycles. The number of aliphatic carboxylic acids is 1. The summed E-state index contributed by atoms with van der Waals surface area (Å²) >= 11 is 0. The number of rotatable bonds is 2. The van der Waals surface area contributed by atoms with Crippen molar-refractivity contribution in [1.29, 1.82) is 0 Å². The molecule has 6 nitrogen and oxygen atoms in total. The second-order valence-electron chi connectivity index (χ2n) is 5.87. The van der Waals surface area contributed by atoms with Gasteiger partial charge in [0.05, 0.1) is 5.92 Å². The minimum atomic E-state index is -0.855. The Balaban J connectivity index is 0.00000192. The Kier molecular flexibility index (Phi) is 4.94. The van der Waals surface area contributed by atoms with Crippen LogP contribution in [0, 0.1) is 12.8 Å². The molecule has 0 spiro atoms. The number of pyridine rings is 1. The summed E-state index contributed by atoms with van der Waals surface area (Å²) in [6.07, 6.45) is 1.28. The molecule has 1 saturated heterocycles. The molecular weight excluding hydrogens is 320 g/mol. The second kappa shape index (κ2) is 6.58. The van der Waals surface area contributed by atoms with Crippen molar-refractivity contribution in [3.05, 3.63) is 29.7 Å². The van der Waals surface area contributed by atoms with Crippen LogP contribution in [0.25, 0.3) is 11.1 Å². The molecule has 1 N–H and O–H groups in total. The van der Waals surface area contributed by atoms with Crippen LogP contribution in [0.2, 0.25) is 0 Å². The minimum absolute atomic E-state index is 0. The van der Waals surface area contributed by atoms with Gasteiger partial charge in [-0.3, -0.25) is 9.59 Å². The fourth-order valence-electron chi connectivity index (χ4n) is 2.86. The van der Waals surface area contributed by atoms with Gasteiger partial charge in [-0.05, 0) is 38.8 Å². The smallest absolute Gasteiger partial charge is 0.308 e. The van der Waals surface area contributed by atoms with Gasteiger partial charge < -0.3 is 14.4 Å². The van der Waals surface area contributed by atoms with Crippen molar-refractivity contribution in [2.24, 2.45) is 5.92 Å². The Morgan fingerprint density at radius 2 is 2.09 bits per heavy atom. The molecule has 23 heavy (non-hydrogen) atoms. The molecular formula is C16H19ClN2O4. The highest BCUT2D eigenvalue weighted by atomic mass is 35.5. The Morgan fingerprint density at radius 1 is 1.35 bits per heavy atom. The van der Waals surface area contributed by atoms with E-state index in [-0.39, 0.29) is 36.7 Å². The zero-order valence-corrected chi connectivity index (χ0v) is 13.8. The molecule has 1 aliphatic heterocycles. The molecule has 0 aliphatic carbocycles. The Labute approximate surface area is 139 Å². The number of likely N-dealkylation sites (tertiary alicyclic amines) is 1. The fourth-order valence-corrected chi connectivity index (χ4v) is 2.86. The maximum Gasteiger partial charge on any atom is 0.308 e. The maximum absolute atomic E-state index is 12.6. The maximum atomic E-state index is 12.6. The Morgan fingerprint density at radius 3 is 2.78 bits per heavy atom. The minimum Gasteiger partial charge on any atom is -0.481 e. The third kappa shape index (κ3) is 3.32. The van der Waals surface area contributed by atoms with Crippen molar-refractivity contribution in [3.8, 4) is 0 Å². The topological polar surface area (TPSA) is 83.6 Å². The van der Waals surface area contributed by atoms with Crippen LogP contribution in [0.1, 0.15) is 36.0 Å². The molecule has 3 rings (SSSR count). The quantitative estimate of drug-likeness (QED) is 0.910. The SMILES string of the molecule is Cc1ccc2oc(C(=O)N3CC(C(=O)O)CCC3C)cc2n1.Cl. The van der Waals surface area contributed by atoms with E-state index in [0.717, 1.165) is 5.69 Å². The summed E-state index contributed by atoms with van der Waals surface area (Å²) in [7, 11) is 0. The monoisotopic (exact) mass is 338 g/mol. The van der Waals surface area contributed by atoms with Crippen molar-refractivity contribution in [2.45, 2.75) is 32.7 Å². The standard InChI is InChI=1S/C16H18N2O4.ClH/c1-9-3-6-13-12(17-9)7-14(22-13)15(19)18-8-11(16(20)21)5-4-10(18)2;/h3,6-7,10-11H,4-5,8H2,1-2H3,(H,20,21);1H. The molecule has 0 aromatic carbocycles. The van der Waals surface area contributed by atoms with E-state index >= 15 is 0 Å². The zero-order valence-electron chi connectivity index (χ0n) is 13.0. The number of carboxylic acids is 1. The predicted molar refractivity (Wildman–Crippen MR) is 86.9 cm³/mol. The highest BCUT2D eigenvalue weighted by Crippen LogP contribution is 2.26. The number of halogens is 1. The largest absolute Gasteiger partial charge is 0.481 e. The first kappa shape index (κ1) is 17.3. The first-order valence-electron chi connectivity index (χ1n) is 7.36. The van der Waals surface area contributed by atoms with Gasteiger partial charge in [0.15, 0.2) is 11.3 Å². The number of aryl methyl sites for hydroxylation is 1. The van der Waals surface area contributed by atoms with Gasteiger partial charge >= 0.3 is 5.97 Å². The molecule has 2 atom stereocenters. The fraction of sp³-hybridized carbons (Fsp3) is 0.438. The second-order valence-corrected chi connectivity index (χ2v) is 5.87. The number of carboxylic acid groups (broad SMARTS) is 1. The van der Waals surface area contributed by atoms with Gasteiger partial charge in [0.2, 0.25) is 0 Å². The average molecular weight is 339 g/mol. The van der Waals surface area contributed by atoms with Gasteiger partial charge in [-0.15, -0.1) is 12.4 Å². The summed E-state index contributed by atoms with van der Waals surface area (Å²) in [5.41, 5.74) is 2.06. The molecule has 2 aromatic heterocycles. The van der Waals surface area contributed by atoms with Gasteiger partial charge in [-0.1, -0.05) is 0 Å². The third-order valence-corrected chi connectivity index (χ3v) is 4.22. The lowest BCUT2D eigenvalue weighted by Crippen LogP contribution is -2.47. The Hall–Kier alpha value is -2.08. The van der Waals surface area contributed by atoms with Crippen molar-refractivity contribution in [3.63, 3.8) is 0 Å². The van der Waals surface area contributed by atoms with Crippen molar-refractivity contribution >= 4 is 35.4 Å². The number of piperidine rings is 1. The van der Waals surface area contributed by atoms with E-state index in [0.29, 0.717) is 23.9 Å². The summed E-state index contributed by atoms with van der Waals surface area (Å²) < 4.78 is 5.58. The summed E-state index contributed by atoms with van der Waals surface area (Å²) in [4.78, 5) is 29.7. The highest BCUT2D eigenvalue weighted by Gasteiger charge is 2.34. The highest BCUT2D eigenvalue weighted by molar-refractivity contribution is 5.95. The number of aromatic nitrogens is 1. The normalized spacial score (nSPS) is 21.0. The summed E-state index contributed by atoms with van der Waals surface area (Å²) in [6, 6.07) is 5.24. The van der Waals surface area contributed by atoms with Gasteiger partial charge in [0.1, 0.15) is 5.52 Å². The number of hydrogen-bond acceptors (Lipinski definition) is 4. The van der Waals surface area contributed by atoms with Crippen LogP contribution in [0.15, 0.2) is 22.6 Å². The van der Waals surface area contributed by atoms with Crippen LogP contribution in [0.4, 0.5) is 0 Å². The van der Waals surface area contributed by atoms with Crippen LogP contribution >= 0.6 is 12.4 Å². The zero-order chi connectivity index (χ0) is 15.9. The summed E-state index contributed by atoms with van der Waals surface area (Å²) in [5, 5.41) is 9.17. The number of hydrogen-bond donors (Lipinski definition) is 1. The molecule has 124 valence electrons. The van der Waals surface area contributed by atoms with Gasteiger partial charge in [0.25, 0.3) is 5.91 Å². The number of furan rings is 1. The van der Waals surface area contributed by atoms with E-state index in [9.17, 15) is 9.59 Å². The molecule has 2 aromatic rings. The lowest BCUT2D eigenvalue weighted by Gasteiger charge is -2.35. The van der Waals surface area contributed by atoms with Gasteiger partial charge in [-0.25, -0.2) is 4.98 Å². The van der Waals surface area contributed by atoms with Crippen LogP contribution in [-0.2, 0) is 4.79 Å². The number of nitrogens with zero attached hydrogens (tertiary/aromatic N) is 2. The number of carbonyl (C=O) groups excluding carboxylic acids is 1.